The largest absolute Gasteiger partial charge is 0.454 e. The maximum atomic E-state index is 13.3. The van der Waals surface area contributed by atoms with E-state index >= 15 is 0 Å². The first-order valence-electron chi connectivity index (χ1n) is 11.2. The van der Waals surface area contributed by atoms with Crippen molar-refractivity contribution in [3.8, 4) is 11.5 Å². The minimum absolute atomic E-state index is 0.166. The summed E-state index contributed by atoms with van der Waals surface area (Å²) in [5, 5.41) is 5.29. The molecule has 2 aromatic rings. The number of rotatable bonds is 8. The standard InChI is InChI=1S/C24H29FN4O5/c1-32-13-8-26-23(30)24(31)27-15-20(17-2-7-21-22(14-17)34-16-33-21)29-11-9-28(10-12-29)19-5-3-18(25)4-6-19/h2-7,14,20H,8-13,15-16H2,1H3,(H,26,30)(H,27,31)/t20-/m0/s1. The van der Waals surface area contributed by atoms with Gasteiger partial charge in [0.05, 0.1) is 12.6 Å². The highest BCUT2D eigenvalue weighted by atomic mass is 19.1. The van der Waals surface area contributed by atoms with Gasteiger partial charge >= 0.3 is 11.8 Å². The summed E-state index contributed by atoms with van der Waals surface area (Å²) in [4.78, 5) is 28.9. The second-order valence-electron chi connectivity index (χ2n) is 8.09. The Bertz CT molecular complexity index is 995. The molecule has 2 aliphatic rings. The van der Waals surface area contributed by atoms with Crippen LogP contribution >= 0.6 is 0 Å². The van der Waals surface area contributed by atoms with Crippen molar-refractivity contribution in [1.29, 1.82) is 0 Å². The Morgan fingerprint density at radius 1 is 1.00 bits per heavy atom. The highest BCUT2D eigenvalue weighted by Crippen LogP contribution is 2.35. The third-order valence-corrected chi connectivity index (χ3v) is 5.98. The van der Waals surface area contributed by atoms with Crippen LogP contribution in [0.15, 0.2) is 42.5 Å². The lowest BCUT2D eigenvalue weighted by molar-refractivity contribution is -0.139. The van der Waals surface area contributed by atoms with Gasteiger partial charge < -0.3 is 29.7 Å². The molecule has 4 rings (SSSR count). The van der Waals surface area contributed by atoms with Gasteiger partial charge in [0, 0.05) is 52.1 Å². The second-order valence-corrected chi connectivity index (χ2v) is 8.09. The smallest absolute Gasteiger partial charge is 0.309 e. The molecule has 0 aromatic heterocycles. The molecule has 9 nitrogen and oxygen atoms in total. The number of fused-ring (bicyclic) bond motifs is 1. The molecule has 2 N–H and O–H groups in total. The Balaban J connectivity index is 1.43. The van der Waals surface area contributed by atoms with E-state index in [1.165, 1.54) is 19.2 Å². The molecule has 10 heteroatoms. The molecule has 0 aliphatic carbocycles. The molecule has 2 aromatic carbocycles. The van der Waals surface area contributed by atoms with E-state index in [0.29, 0.717) is 18.1 Å². The molecule has 0 bridgehead atoms. The third-order valence-electron chi connectivity index (χ3n) is 5.98. The fourth-order valence-electron chi connectivity index (χ4n) is 4.14. The van der Waals surface area contributed by atoms with Gasteiger partial charge in [-0.05, 0) is 42.0 Å². The molecule has 34 heavy (non-hydrogen) atoms. The Morgan fingerprint density at radius 3 is 2.44 bits per heavy atom. The molecular weight excluding hydrogens is 443 g/mol. The van der Waals surface area contributed by atoms with Crippen LogP contribution in [0.25, 0.3) is 0 Å². The molecule has 0 radical (unpaired) electrons. The molecule has 2 amide bonds. The van der Waals surface area contributed by atoms with Gasteiger partial charge in [0.25, 0.3) is 0 Å². The Labute approximate surface area is 197 Å². The molecular formula is C24H29FN4O5. The van der Waals surface area contributed by atoms with Crippen LogP contribution in [0, 0.1) is 5.82 Å². The summed E-state index contributed by atoms with van der Waals surface area (Å²) in [7, 11) is 1.53. The number of halogens is 1. The fraction of sp³-hybridized carbons (Fsp3) is 0.417. The number of carbonyl (C=O) groups excluding carboxylic acids is 2. The number of methoxy groups -OCH3 is 1. The predicted molar refractivity (Wildman–Crippen MR) is 123 cm³/mol. The van der Waals surface area contributed by atoms with Crippen LogP contribution in [-0.4, -0.2) is 76.5 Å². The molecule has 1 saturated heterocycles. The van der Waals surface area contributed by atoms with Gasteiger partial charge in [0.1, 0.15) is 5.82 Å². The maximum absolute atomic E-state index is 13.3. The van der Waals surface area contributed by atoms with Crippen LogP contribution in [0.1, 0.15) is 11.6 Å². The van der Waals surface area contributed by atoms with Gasteiger partial charge in [-0.3, -0.25) is 14.5 Å². The van der Waals surface area contributed by atoms with E-state index in [9.17, 15) is 14.0 Å². The van der Waals surface area contributed by atoms with E-state index in [-0.39, 0.29) is 31.7 Å². The van der Waals surface area contributed by atoms with E-state index in [0.717, 1.165) is 37.4 Å². The summed E-state index contributed by atoms with van der Waals surface area (Å²) >= 11 is 0. The lowest BCUT2D eigenvalue weighted by Crippen LogP contribution is -2.51. The minimum Gasteiger partial charge on any atom is -0.454 e. The van der Waals surface area contributed by atoms with Crippen LogP contribution in [-0.2, 0) is 14.3 Å². The topological polar surface area (TPSA) is 92.4 Å². The van der Waals surface area contributed by atoms with Crippen molar-refractivity contribution in [1.82, 2.24) is 15.5 Å². The van der Waals surface area contributed by atoms with E-state index in [1.807, 2.05) is 18.2 Å². The highest BCUT2D eigenvalue weighted by molar-refractivity contribution is 6.35. The molecule has 1 fully saturated rings. The lowest BCUT2D eigenvalue weighted by Gasteiger charge is -2.40. The average molecular weight is 473 g/mol. The number of hydrogen-bond donors (Lipinski definition) is 2. The molecule has 0 unspecified atom stereocenters. The summed E-state index contributed by atoms with van der Waals surface area (Å²) in [6.07, 6.45) is 0. The maximum Gasteiger partial charge on any atom is 0.309 e. The van der Waals surface area contributed by atoms with E-state index in [2.05, 4.69) is 20.4 Å². The summed E-state index contributed by atoms with van der Waals surface area (Å²) in [5.41, 5.74) is 1.93. The summed E-state index contributed by atoms with van der Waals surface area (Å²) in [5.74, 6) is -0.289. The number of anilines is 1. The molecule has 182 valence electrons. The van der Waals surface area contributed by atoms with Crippen molar-refractivity contribution in [2.45, 2.75) is 6.04 Å². The van der Waals surface area contributed by atoms with E-state index in [1.54, 1.807) is 12.1 Å². The van der Waals surface area contributed by atoms with Crippen LogP contribution < -0.4 is 25.0 Å². The number of hydrogen-bond acceptors (Lipinski definition) is 7. The van der Waals surface area contributed by atoms with Crippen molar-refractivity contribution in [3.63, 3.8) is 0 Å². The van der Waals surface area contributed by atoms with Crippen LogP contribution in [0.5, 0.6) is 11.5 Å². The van der Waals surface area contributed by atoms with E-state index < -0.39 is 11.8 Å². The van der Waals surface area contributed by atoms with Crippen LogP contribution in [0.2, 0.25) is 0 Å². The van der Waals surface area contributed by atoms with Gasteiger partial charge in [0.2, 0.25) is 6.79 Å². The van der Waals surface area contributed by atoms with Crippen molar-refractivity contribution in [2.75, 3.05) is 64.7 Å². The van der Waals surface area contributed by atoms with Crippen LogP contribution in [0.3, 0.4) is 0 Å². The lowest BCUT2D eigenvalue weighted by atomic mass is 10.0. The molecule has 0 spiro atoms. The van der Waals surface area contributed by atoms with Gasteiger partial charge in [0.15, 0.2) is 11.5 Å². The zero-order valence-electron chi connectivity index (χ0n) is 19.1. The number of amides is 2. The minimum atomic E-state index is -0.692. The molecule has 2 aliphatic heterocycles. The number of benzene rings is 2. The number of nitrogens with zero attached hydrogens (tertiary/aromatic N) is 2. The van der Waals surface area contributed by atoms with Crippen molar-refractivity contribution in [3.05, 3.63) is 53.8 Å². The first-order valence-corrected chi connectivity index (χ1v) is 11.2. The molecule has 2 heterocycles. The van der Waals surface area contributed by atoms with Crippen LogP contribution in [0.4, 0.5) is 10.1 Å². The number of nitrogens with one attached hydrogen (secondary N) is 2. The normalized spacial score (nSPS) is 16.2. The summed E-state index contributed by atoms with van der Waals surface area (Å²) in [6.45, 7) is 3.98. The Morgan fingerprint density at radius 2 is 1.71 bits per heavy atom. The monoisotopic (exact) mass is 472 g/mol. The number of carbonyl (C=O) groups is 2. The Hall–Kier alpha value is -3.37. The first-order chi connectivity index (χ1) is 16.5. The van der Waals surface area contributed by atoms with Crippen molar-refractivity contribution < 1.29 is 28.2 Å². The summed E-state index contributed by atoms with van der Waals surface area (Å²) < 4.78 is 29.1. The molecule has 0 saturated carbocycles. The van der Waals surface area contributed by atoms with Gasteiger partial charge in [-0.15, -0.1) is 0 Å². The van der Waals surface area contributed by atoms with Crippen molar-refractivity contribution in [2.24, 2.45) is 0 Å². The third kappa shape index (κ3) is 5.75. The number of piperazine rings is 1. The average Bonchev–Trinajstić information content (AvgIpc) is 3.33. The van der Waals surface area contributed by atoms with Gasteiger partial charge in [-0.2, -0.15) is 0 Å². The first kappa shape index (κ1) is 23.8. The zero-order chi connectivity index (χ0) is 23.9. The highest BCUT2D eigenvalue weighted by Gasteiger charge is 2.28. The zero-order valence-corrected chi connectivity index (χ0v) is 19.1. The number of ether oxygens (including phenoxy) is 3. The Kier molecular flexibility index (Phi) is 7.81. The SMILES string of the molecule is COCCNC(=O)C(=O)NC[C@@H](c1ccc2c(c1)OCO2)N1CCN(c2ccc(F)cc2)CC1. The van der Waals surface area contributed by atoms with Gasteiger partial charge in [-0.25, -0.2) is 4.39 Å². The quantitative estimate of drug-likeness (QED) is 0.442. The van der Waals surface area contributed by atoms with E-state index in [4.69, 9.17) is 14.2 Å². The molecule has 1 atom stereocenters. The van der Waals surface area contributed by atoms with Crippen molar-refractivity contribution >= 4 is 17.5 Å². The second kappa shape index (κ2) is 11.2. The predicted octanol–water partition coefficient (Wildman–Crippen LogP) is 1.30. The van der Waals surface area contributed by atoms with Gasteiger partial charge in [-0.1, -0.05) is 6.07 Å². The fourth-order valence-corrected chi connectivity index (χ4v) is 4.14. The summed E-state index contributed by atoms with van der Waals surface area (Å²) in [6, 6.07) is 12.1.